The lowest BCUT2D eigenvalue weighted by Gasteiger charge is -2.15. The van der Waals surface area contributed by atoms with Crippen LogP contribution in [0.2, 0.25) is 0 Å². The van der Waals surface area contributed by atoms with E-state index in [4.69, 9.17) is 5.84 Å². The summed E-state index contributed by atoms with van der Waals surface area (Å²) in [7, 11) is 2.06. The number of hydrogen-bond donors (Lipinski definition) is 2. The van der Waals surface area contributed by atoms with Gasteiger partial charge in [0.15, 0.2) is 0 Å². The largest absolute Gasteiger partial charge is 0.308 e. The van der Waals surface area contributed by atoms with Crippen LogP contribution in [0, 0.1) is 0 Å². The highest BCUT2D eigenvalue weighted by Crippen LogP contribution is 2.11. The van der Waals surface area contributed by atoms with Crippen molar-refractivity contribution in [2.75, 3.05) is 19.0 Å². The van der Waals surface area contributed by atoms with E-state index in [2.05, 4.69) is 29.3 Å². The SMILES string of the molecule is CCN(C)Cc1cccnc1NN. The molecule has 0 fully saturated rings. The number of hydrazine groups is 1. The van der Waals surface area contributed by atoms with Gasteiger partial charge in [-0.05, 0) is 19.7 Å². The molecule has 1 aromatic rings. The second-order valence-electron chi connectivity index (χ2n) is 2.99. The van der Waals surface area contributed by atoms with Crippen molar-refractivity contribution in [3.63, 3.8) is 0 Å². The van der Waals surface area contributed by atoms with Crippen LogP contribution in [0.5, 0.6) is 0 Å². The number of anilines is 1. The second kappa shape index (κ2) is 4.79. The van der Waals surface area contributed by atoms with E-state index >= 15 is 0 Å². The number of rotatable bonds is 4. The van der Waals surface area contributed by atoms with Crippen molar-refractivity contribution in [3.8, 4) is 0 Å². The van der Waals surface area contributed by atoms with Crippen LogP contribution >= 0.6 is 0 Å². The molecule has 0 bridgehead atoms. The first-order valence-electron chi connectivity index (χ1n) is 4.37. The Morgan fingerprint density at radius 2 is 2.38 bits per heavy atom. The van der Waals surface area contributed by atoms with Crippen LogP contribution in [0.1, 0.15) is 12.5 Å². The summed E-state index contributed by atoms with van der Waals surface area (Å²) in [5.74, 6) is 6.09. The Labute approximate surface area is 78.7 Å². The van der Waals surface area contributed by atoms with Gasteiger partial charge in [-0.25, -0.2) is 10.8 Å². The summed E-state index contributed by atoms with van der Waals surface area (Å²) < 4.78 is 0. The van der Waals surface area contributed by atoms with Crippen molar-refractivity contribution in [2.24, 2.45) is 5.84 Å². The van der Waals surface area contributed by atoms with Gasteiger partial charge in [0.25, 0.3) is 0 Å². The molecular weight excluding hydrogens is 164 g/mol. The third-order valence-electron chi connectivity index (χ3n) is 2.01. The maximum absolute atomic E-state index is 5.34. The quantitative estimate of drug-likeness (QED) is 0.532. The highest BCUT2D eigenvalue weighted by Gasteiger charge is 2.03. The monoisotopic (exact) mass is 180 g/mol. The molecular formula is C9H16N4. The van der Waals surface area contributed by atoms with Crippen LogP contribution < -0.4 is 11.3 Å². The Balaban J connectivity index is 2.74. The summed E-state index contributed by atoms with van der Waals surface area (Å²) in [6, 6.07) is 3.94. The van der Waals surface area contributed by atoms with Crippen LogP contribution in [-0.4, -0.2) is 23.5 Å². The van der Waals surface area contributed by atoms with Gasteiger partial charge in [-0.2, -0.15) is 0 Å². The Morgan fingerprint density at radius 1 is 1.62 bits per heavy atom. The lowest BCUT2D eigenvalue weighted by atomic mass is 10.2. The van der Waals surface area contributed by atoms with Crippen LogP contribution in [0.3, 0.4) is 0 Å². The second-order valence-corrected chi connectivity index (χ2v) is 2.99. The molecule has 0 saturated carbocycles. The number of nitrogen functional groups attached to an aromatic ring is 1. The molecule has 4 heteroatoms. The molecule has 0 spiro atoms. The Kier molecular flexibility index (Phi) is 3.67. The van der Waals surface area contributed by atoms with Crippen molar-refractivity contribution in [1.29, 1.82) is 0 Å². The summed E-state index contributed by atoms with van der Waals surface area (Å²) in [6.45, 7) is 3.99. The van der Waals surface area contributed by atoms with E-state index in [9.17, 15) is 0 Å². The number of nitrogens with zero attached hydrogens (tertiary/aromatic N) is 2. The summed E-state index contributed by atoms with van der Waals surface area (Å²) in [6.07, 6.45) is 1.73. The van der Waals surface area contributed by atoms with E-state index < -0.39 is 0 Å². The number of hydrogen-bond acceptors (Lipinski definition) is 4. The molecule has 13 heavy (non-hydrogen) atoms. The molecule has 3 N–H and O–H groups in total. The highest BCUT2D eigenvalue weighted by atomic mass is 15.3. The molecule has 0 aliphatic rings. The van der Waals surface area contributed by atoms with E-state index in [0.29, 0.717) is 0 Å². The number of nitrogens with two attached hydrogens (primary N) is 1. The predicted molar refractivity (Wildman–Crippen MR) is 54.1 cm³/mol. The normalized spacial score (nSPS) is 10.5. The van der Waals surface area contributed by atoms with Gasteiger partial charge in [0.1, 0.15) is 5.82 Å². The van der Waals surface area contributed by atoms with Crippen molar-refractivity contribution in [1.82, 2.24) is 9.88 Å². The maximum atomic E-state index is 5.34. The lowest BCUT2D eigenvalue weighted by Crippen LogP contribution is -2.19. The van der Waals surface area contributed by atoms with Gasteiger partial charge in [-0.3, -0.25) is 0 Å². The van der Waals surface area contributed by atoms with Gasteiger partial charge in [0.2, 0.25) is 0 Å². The zero-order valence-electron chi connectivity index (χ0n) is 8.12. The smallest absolute Gasteiger partial charge is 0.144 e. The molecule has 0 saturated heterocycles. The van der Waals surface area contributed by atoms with Crippen molar-refractivity contribution < 1.29 is 0 Å². The highest BCUT2D eigenvalue weighted by molar-refractivity contribution is 5.42. The molecule has 1 heterocycles. The van der Waals surface area contributed by atoms with Crippen LogP contribution in [0.4, 0.5) is 5.82 Å². The fraction of sp³-hybridized carbons (Fsp3) is 0.444. The first kappa shape index (κ1) is 9.95. The number of nitrogens with one attached hydrogen (secondary N) is 1. The van der Waals surface area contributed by atoms with Gasteiger partial charge in [0, 0.05) is 18.3 Å². The summed E-state index contributed by atoms with van der Waals surface area (Å²) in [4.78, 5) is 6.31. The minimum Gasteiger partial charge on any atom is -0.308 e. The minimum absolute atomic E-state index is 0.753. The molecule has 0 unspecified atom stereocenters. The maximum Gasteiger partial charge on any atom is 0.144 e. The van der Waals surface area contributed by atoms with Gasteiger partial charge in [0.05, 0.1) is 0 Å². The molecule has 0 aliphatic carbocycles. The molecule has 0 amide bonds. The van der Waals surface area contributed by atoms with Crippen molar-refractivity contribution >= 4 is 5.82 Å². The number of aromatic nitrogens is 1. The Morgan fingerprint density at radius 3 is 3.00 bits per heavy atom. The van der Waals surface area contributed by atoms with Gasteiger partial charge < -0.3 is 10.3 Å². The first-order valence-corrected chi connectivity index (χ1v) is 4.37. The van der Waals surface area contributed by atoms with Gasteiger partial charge in [-0.1, -0.05) is 13.0 Å². The molecule has 4 nitrogen and oxygen atoms in total. The van der Waals surface area contributed by atoms with E-state index in [1.165, 1.54) is 0 Å². The summed E-state index contributed by atoms with van der Waals surface area (Å²) >= 11 is 0. The van der Waals surface area contributed by atoms with Crippen molar-refractivity contribution in [2.45, 2.75) is 13.5 Å². The van der Waals surface area contributed by atoms with Gasteiger partial charge >= 0.3 is 0 Å². The molecule has 1 rings (SSSR count). The van der Waals surface area contributed by atoms with Crippen LogP contribution in [0.15, 0.2) is 18.3 Å². The molecule has 0 aliphatic heterocycles. The third-order valence-corrected chi connectivity index (χ3v) is 2.01. The average molecular weight is 180 g/mol. The average Bonchev–Trinajstić information content (AvgIpc) is 2.18. The minimum atomic E-state index is 0.753. The molecule has 0 aromatic carbocycles. The third kappa shape index (κ3) is 2.68. The molecule has 0 atom stereocenters. The fourth-order valence-electron chi connectivity index (χ4n) is 1.10. The molecule has 72 valence electrons. The van der Waals surface area contributed by atoms with Crippen molar-refractivity contribution in [3.05, 3.63) is 23.9 Å². The topological polar surface area (TPSA) is 54.2 Å². The Bertz CT molecular complexity index is 262. The zero-order valence-corrected chi connectivity index (χ0v) is 8.12. The molecule has 0 radical (unpaired) electrons. The van der Waals surface area contributed by atoms with E-state index in [0.717, 1.165) is 24.5 Å². The molecule has 1 aromatic heterocycles. The first-order chi connectivity index (χ1) is 6.27. The number of pyridine rings is 1. The predicted octanol–water partition coefficient (Wildman–Crippen LogP) is 0.819. The van der Waals surface area contributed by atoms with Crippen LogP contribution in [-0.2, 0) is 6.54 Å². The summed E-state index contributed by atoms with van der Waals surface area (Å²) in [5, 5.41) is 0. The standard InChI is InChI=1S/C9H16N4/c1-3-13(2)7-8-5-4-6-11-9(8)12-10/h4-6H,3,7,10H2,1-2H3,(H,11,12). The van der Waals surface area contributed by atoms with E-state index in [1.54, 1.807) is 6.20 Å². The summed E-state index contributed by atoms with van der Waals surface area (Å²) in [5.41, 5.74) is 3.71. The van der Waals surface area contributed by atoms with E-state index in [1.807, 2.05) is 12.1 Å². The Hall–Kier alpha value is -1.13. The zero-order chi connectivity index (χ0) is 9.68. The van der Waals surface area contributed by atoms with E-state index in [-0.39, 0.29) is 0 Å². The fourth-order valence-corrected chi connectivity index (χ4v) is 1.10. The van der Waals surface area contributed by atoms with Crippen LogP contribution in [0.25, 0.3) is 0 Å². The van der Waals surface area contributed by atoms with Gasteiger partial charge in [-0.15, -0.1) is 0 Å². The lowest BCUT2D eigenvalue weighted by molar-refractivity contribution is 0.346.